The van der Waals surface area contributed by atoms with Crippen LogP contribution in [0.3, 0.4) is 0 Å². The van der Waals surface area contributed by atoms with Gasteiger partial charge < -0.3 is 19.9 Å². The molecule has 0 unspecified atom stereocenters. The molecule has 0 aliphatic heterocycles. The number of anilines is 2. The second-order valence-corrected chi connectivity index (χ2v) is 9.21. The summed E-state index contributed by atoms with van der Waals surface area (Å²) in [6.07, 6.45) is 1.19. The number of methoxy groups -OCH3 is 1. The van der Waals surface area contributed by atoms with E-state index in [9.17, 15) is 22.8 Å². The number of carbonyl (C=O) groups excluding carboxylic acids is 2. The lowest BCUT2D eigenvalue weighted by Crippen LogP contribution is -2.33. The highest BCUT2D eigenvalue weighted by Crippen LogP contribution is 2.33. The van der Waals surface area contributed by atoms with E-state index in [1.165, 1.54) is 6.42 Å². The minimum absolute atomic E-state index is 0.0407. The third-order valence-corrected chi connectivity index (χ3v) is 6.83. The fourth-order valence-electron chi connectivity index (χ4n) is 4.77. The summed E-state index contributed by atoms with van der Waals surface area (Å²) in [6, 6.07) is 9.74. The highest BCUT2D eigenvalue weighted by molar-refractivity contribution is 6.06. The van der Waals surface area contributed by atoms with Gasteiger partial charge in [-0.25, -0.2) is 0 Å². The Bertz CT molecular complexity index is 1230. The van der Waals surface area contributed by atoms with Gasteiger partial charge in [0.15, 0.2) is 0 Å². The molecule has 1 aliphatic carbocycles. The SMILES string of the molecule is COCCc1c(NC(=O)c2ccc(C(F)(F)F)cc2)[nH]c2cc(N(C)C(=O)C3CCCCC3)ccc12. The van der Waals surface area contributed by atoms with Crippen LogP contribution in [0.15, 0.2) is 42.5 Å². The van der Waals surface area contributed by atoms with Crippen molar-refractivity contribution in [1.29, 1.82) is 0 Å². The number of ether oxygens (including phenoxy) is 1. The number of benzene rings is 2. The summed E-state index contributed by atoms with van der Waals surface area (Å²) in [5.74, 6) is 0.0686. The molecule has 0 atom stereocenters. The summed E-state index contributed by atoms with van der Waals surface area (Å²) in [7, 11) is 3.36. The zero-order chi connectivity index (χ0) is 25.9. The number of aromatic amines is 1. The normalized spacial score (nSPS) is 14.7. The minimum Gasteiger partial charge on any atom is -0.384 e. The number of hydrogen-bond acceptors (Lipinski definition) is 3. The number of aromatic nitrogens is 1. The van der Waals surface area contributed by atoms with Crippen molar-refractivity contribution in [3.8, 4) is 0 Å². The van der Waals surface area contributed by atoms with Crippen molar-refractivity contribution < 1.29 is 27.5 Å². The first kappa shape index (κ1) is 25.8. The molecule has 2 aromatic carbocycles. The van der Waals surface area contributed by atoms with Gasteiger partial charge in [-0.05, 0) is 55.7 Å². The van der Waals surface area contributed by atoms with Gasteiger partial charge in [-0.1, -0.05) is 25.3 Å². The van der Waals surface area contributed by atoms with Gasteiger partial charge in [-0.15, -0.1) is 0 Å². The number of halogens is 3. The molecule has 0 saturated heterocycles. The molecule has 2 N–H and O–H groups in total. The maximum Gasteiger partial charge on any atom is 0.416 e. The summed E-state index contributed by atoms with van der Waals surface area (Å²) in [5.41, 5.74) is 1.60. The maximum absolute atomic E-state index is 13.0. The zero-order valence-electron chi connectivity index (χ0n) is 20.4. The van der Waals surface area contributed by atoms with E-state index in [1.807, 2.05) is 18.2 Å². The van der Waals surface area contributed by atoms with Gasteiger partial charge in [0.25, 0.3) is 5.91 Å². The lowest BCUT2D eigenvalue weighted by molar-refractivity contribution is -0.137. The van der Waals surface area contributed by atoms with E-state index >= 15 is 0 Å². The molecular formula is C27H30F3N3O3. The number of rotatable bonds is 7. The van der Waals surface area contributed by atoms with Crippen molar-refractivity contribution in [3.63, 3.8) is 0 Å². The molecule has 36 heavy (non-hydrogen) atoms. The first-order chi connectivity index (χ1) is 17.2. The number of H-pyrrole nitrogens is 1. The van der Waals surface area contributed by atoms with Crippen molar-refractivity contribution in [2.24, 2.45) is 5.92 Å². The van der Waals surface area contributed by atoms with E-state index in [2.05, 4.69) is 10.3 Å². The van der Waals surface area contributed by atoms with Crippen LogP contribution < -0.4 is 10.2 Å². The van der Waals surface area contributed by atoms with Crippen molar-refractivity contribution >= 4 is 34.2 Å². The van der Waals surface area contributed by atoms with Gasteiger partial charge in [0, 0.05) is 47.8 Å². The van der Waals surface area contributed by atoms with Crippen LogP contribution in [0.1, 0.15) is 53.6 Å². The quantitative estimate of drug-likeness (QED) is 0.407. The molecule has 1 fully saturated rings. The molecule has 1 aliphatic rings. The van der Waals surface area contributed by atoms with Crippen LogP contribution in [0.25, 0.3) is 10.9 Å². The number of nitrogens with one attached hydrogen (secondary N) is 2. The van der Waals surface area contributed by atoms with Crippen molar-refractivity contribution in [2.75, 3.05) is 31.0 Å². The molecule has 3 aromatic rings. The smallest absolute Gasteiger partial charge is 0.384 e. The molecular weight excluding hydrogens is 471 g/mol. The molecule has 192 valence electrons. The van der Waals surface area contributed by atoms with Crippen LogP contribution in [0, 0.1) is 5.92 Å². The molecule has 0 radical (unpaired) electrons. The van der Waals surface area contributed by atoms with Crippen LogP contribution >= 0.6 is 0 Å². The van der Waals surface area contributed by atoms with Crippen LogP contribution in [0.4, 0.5) is 24.7 Å². The van der Waals surface area contributed by atoms with Crippen LogP contribution in [0.5, 0.6) is 0 Å². The van der Waals surface area contributed by atoms with Gasteiger partial charge in [0.2, 0.25) is 5.91 Å². The Kier molecular flexibility index (Phi) is 7.68. The number of fused-ring (bicyclic) bond motifs is 1. The monoisotopic (exact) mass is 501 g/mol. The van der Waals surface area contributed by atoms with Crippen LogP contribution in [-0.2, 0) is 22.1 Å². The van der Waals surface area contributed by atoms with E-state index in [4.69, 9.17) is 4.74 Å². The van der Waals surface area contributed by atoms with Gasteiger partial charge in [0.05, 0.1) is 12.2 Å². The summed E-state index contributed by atoms with van der Waals surface area (Å²) in [6.45, 7) is 0.415. The van der Waals surface area contributed by atoms with E-state index in [0.29, 0.717) is 18.8 Å². The molecule has 1 saturated carbocycles. The Hall–Kier alpha value is -3.33. The Morgan fingerprint density at radius 2 is 1.78 bits per heavy atom. The molecule has 1 aromatic heterocycles. The predicted octanol–water partition coefficient (Wildman–Crippen LogP) is 6.17. The molecule has 9 heteroatoms. The molecule has 2 amide bonds. The number of hydrogen-bond donors (Lipinski definition) is 2. The van der Waals surface area contributed by atoms with Crippen molar-refractivity contribution in [1.82, 2.24) is 4.98 Å². The van der Waals surface area contributed by atoms with Gasteiger partial charge in [-0.2, -0.15) is 13.2 Å². The van der Waals surface area contributed by atoms with Crippen LogP contribution in [-0.4, -0.2) is 37.6 Å². The topological polar surface area (TPSA) is 74.4 Å². The average Bonchev–Trinajstić information content (AvgIpc) is 3.22. The largest absolute Gasteiger partial charge is 0.416 e. The first-order valence-corrected chi connectivity index (χ1v) is 12.1. The van der Waals surface area contributed by atoms with E-state index in [1.54, 1.807) is 19.1 Å². The third kappa shape index (κ3) is 5.56. The minimum atomic E-state index is -4.47. The lowest BCUT2D eigenvalue weighted by Gasteiger charge is -2.26. The van der Waals surface area contributed by atoms with E-state index < -0.39 is 17.6 Å². The standard InChI is InChI=1S/C27H30F3N3O3/c1-33(26(35)18-6-4-3-5-7-18)20-12-13-21-22(14-15-36-2)24(31-23(21)16-20)32-25(34)17-8-10-19(11-9-17)27(28,29)30/h8-13,16,18,31H,3-7,14-15H2,1-2H3,(H,32,34). The Morgan fingerprint density at radius 1 is 1.08 bits per heavy atom. The molecule has 0 bridgehead atoms. The Balaban J connectivity index is 1.59. The molecule has 6 nitrogen and oxygen atoms in total. The number of nitrogens with zero attached hydrogens (tertiary/aromatic N) is 1. The van der Waals surface area contributed by atoms with E-state index in [-0.39, 0.29) is 17.4 Å². The van der Waals surface area contributed by atoms with Crippen molar-refractivity contribution in [3.05, 3.63) is 59.2 Å². The summed E-state index contributed by atoms with van der Waals surface area (Å²) >= 11 is 0. The summed E-state index contributed by atoms with van der Waals surface area (Å²) in [5, 5.41) is 3.67. The number of alkyl halides is 3. The Labute approximate surface area is 207 Å². The third-order valence-electron chi connectivity index (χ3n) is 6.83. The number of amides is 2. The van der Waals surface area contributed by atoms with Crippen molar-refractivity contribution in [2.45, 2.75) is 44.7 Å². The maximum atomic E-state index is 13.0. The van der Waals surface area contributed by atoms with Gasteiger partial charge >= 0.3 is 6.18 Å². The summed E-state index contributed by atoms with van der Waals surface area (Å²) in [4.78, 5) is 30.7. The zero-order valence-corrected chi connectivity index (χ0v) is 20.4. The van der Waals surface area contributed by atoms with Crippen LogP contribution in [0.2, 0.25) is 0 Å². The summed E-state index contributed by atoms with van der Waals surface area (Å²) < 4.78 is 43.8. The fourth-order valence-corrected chi connectivity index (χ4v) is 4.77. The molecule has 0 spiro atoms. The van der Waals surface area contributed by atoms with E-state index in [0.717, 1.165) is 72.1 Å². The number of carbonyl (C=O) groups is 2. The lowest BCUT2D eigenvalue weighted by atomic mass is 9.88. The fraction of sp³-hybridized carbons (Fsp3) is 0.407. The first-order valence-electron chi connectivity index (χ1n) is 12.1. The molecule has 1 heterocycles. The predicted molar refractivity (Wildman–Crippen MR) is 133 cm³/mol. The average molecular weight is 502 g/mol. The second-order valence-electron chi connectivity index (χ2n) is 9.21. The highest BCUT2D eigenvalue weighted by Gasteiger charge is 2.30. The Morgan fingerprint density at radius 3 is 2.42 bits per heavy atom. The second kappa shape index (κ2) is 10.7. The van der Waals surface area contributed by atoms with Gasteiger partial charge in [0.1, 0.15) is 5.82 Å². The van der Waals surface area contributed by atoms with Gasteiger partial charge in [-0.3, -0.25) is 9.59 Å². The highest BCUT2D eigenvalue weighted by atomic mass is 19.4. The molecule has 4 rings (SSSR count).